The van der Waals surface area contributed by atoms with Crippen LogP contribution in [-0.2, 0) is 0 Å². The van der Waals surface area contributed by atoms with E-state index in [1.54, 1.807) is 0 Å². The van der Waals surface area contributed by atoms with Crippen molar-refractivity contribution in [3.8, 4) is 33.9 Å². The number of benzene rings is 2. The minimum absolute atomic E-state index is 0.602. The number of fused-ring (bicyclic) bond motifs is 1. The van der Waals surface area contributed by atoms with Gasteiger partial charge in [-0.15, -0.1) is 0 Å². The number of pyridine rings is 1. The maximum absolute atomic E-state index is 5.66. The number of rotatable bonds is 2. The summed E-state index contributed by atoms with van der Waals surface area (Å²) in [5.41, 5.74) is 4.33. The summed E-state index contributed by atoms with van der Waals surface area (Å²) in [4.78, 5) is 4.41. The average Bonchev–Trinajstić information content (AvgIpc) is 2.62. The standard InChI is InChI=1S/C19H15NO2/c1-2-9-20-17(6-1)16-5-3-4-14(12-16)15-7-8-18-19(13-15)22-11-10-21-18/h1-9,12-13H,10-11H2. The Kier molecular flexibility index (Phi) is 3.24. The molecule has 0 bridgehead atoms. The predicted molar refractivity (Wildman–Crippen MR) is 86.1 cm³/mol. The molecule has 1 aliphatic heterocycles. The zero-order valence-corrected chi connectivity index (χ0v) is 12.0. The maximum atomic E-state index is 5.66. The molecular formula is C19H15NO2. The van der Waals surface area contributed by atoms with Crippen LogP contribution in [0.1, 0.15) is 0 Å². The van der Waals surface area contributed by atoms with E-state index in [0.717, 1.165) is 33.9 Å². The second kappa shape index (κ2) is 5.53. The molecule has 0 saturated heterocycles. The summed E-state index contributed by atoms with van der Waals surface area (Å²) in [6.07, 6.45) is 1.81. The first-order chi connectivity index (χ1) is 10.9. The number of aromatic nitrogens is 1. The van der Waals surface area contributed by atoms with Gasteiger partial charge in [-0.05, 0) is 41.5 Å². The van der Waals surface area contributed by atoms with Crippen LogP contribution in [0.4, 0.5) is 0 Å². The molecule has 0 N–H and O–H groups in total. The molecule has 22 heavy (non-hydrogen) atoms. The Morgan fingerprint density at radius 3 is 2.36 bits per heavy atom. The van der Waals surface area contributed by atoms with Gasteiger partial charge in [0.25, 0.3) is 0 Å². The van der Waals surface area contributed by atoms with Crippen LogP contribution in [0.3, 0.4) is 0 Å². The van der Waals surface area contributed by atoms with Crippen LogP contribution in [0.25, 0.3) is 22.4 Å². The van der Waals surface area contributed by atoms with E-state index in [0.29, 0.717) is 13.2 Å². The zero-order valence-electron chi connectivity index (χ0n) is 12.0. The van der Waals surface area contributed by atoms with Crippen molar-refractivity contribution in [1.29, 1.82) is 0 Å². The largest absolute Gasteiger partial charge is 0.486 e. The minimum atomic E-state index is 0.602. The van der Waals surface area contributed by atoms with Crippen LogP contribution >= 0.6 is 0 Å². The number of hydrogen-bond acceptors (Lipinski definition) is 3. The van der Waals surface area contributed by atoms with Crippen LogP contribution < -0.4 is 9.47 Å². The Hall–Kier alpha value is -2.81. The summed E-state index contributed by atoms with van der Waals surface area (Å²) in [5.74, 6) is 1.63. The number of hydrogen-bond donors (Lipinski definition) is 0. The normalized spacial score (nSPS) is 12.9. The highest BCUT2D eigenvalue weighted by Gasteiger charge is 2.12. The van der Waals surface area contributed by atoms with Crippen molar-refractivity contribution in [2.24, 2.45) is 0 Å². The highest BCUT2D eigenvalue weighted by molar-refractivity contribution is 5.73. The summed E-state index contributed by atoms with van der Waals surface area (Å²) in [5, 5.41) is 0. The quantitative estimate of drug-likeness (QED) is 0.709. The molecule has 4 rings (SSSR count). The third-order valence-corrected chi connectivity index (χ3v) is 3.70. The molecule has 0 amide bonds. The lowest BCUT2D eigenvalue weighted by molar-refractivity contribution is 0.171. The average molecular weight is 289 g/mol. The molecule has 1 aromatic heterocycles. The first-order valence-corrected chi connectivity index (χ1v) is 7.32. The van der Waals surface area contributed by atoms with Gasteiger partial charge in [-0.25, -0.2) is 0 Å². The van der Waals surface area contributed by atoms with Crippen molar-refractivity contribution in [2.45, 2.75) is 0 Å². The monoisotopic (exact) mass is 289 g/mol. The van der Waals surface area contributed by atoms with Gasteiger partial charge in [0.1, 0.15) is 13.2 Å². The highest BCUT2D eigenvalue weighted by Crippen LogP contribution is 2.35. The van der Waals surface area contributed by atoms with Crippen LogP contribution in [0.2, 0.25) is 0 Å². The fourth-order valence-electron chi connectivity index (χ4n) is 2.61. The van der Waals surface area contributed by atoms with Gasteiger partial charge in [-0.2, -0.15) is 0 Å². The molecule has 0 fully saturated rings. The SMILES string of the molecule is c1ccc(-c2cccc(-c3ccc4c(c3)OCCO4)c2)nc1. The molecule has 0 unspecified atom stereocenters. The zero-order chi connectivity index (χ0) is 14.8. The molecule has 0 spiro atoms. The Morgan fingerprint density at radius 2 is 1.50 bits per heavy atom. The minimum Gasteiger partial charge on any atom is -0.486 e. The smallest absolute Gasteiger partial charge is 0.161 e. The molecule has 0 saturated carbocycles. The van der Waals surface area contributed by atoms with E-state index in [1.807, 2.05) is 36.5 Å². The molecule has 3 heteroatoms. The Balaban J connectivity index is 1.74. The molecule has 108 valence electrons. The number of nitrogens with zero attached hydrogens (tertiary/aromatic N) is 1. The van der Waals surface area contributed by atoms with E-state index in [4.69, 9.17) is 9.47 Å². The summed E-state index contributed by atoms with van der Waals surface area (Å²) >= 11 is 0. The summed E-state index contributed by atoms with van der Waals surface area (Å²) in [6, 6.07) is 20.4. The summed E-state index contributed by atoms with van der Waals surface area (Å²) in [6.45, 7) is 1.21. The lowest BCUT2D eigenvalue weighted by Gasteiger charge is -2.19. The fourth-order valence-corrected chi connectivity index (χ4v) is 2.61. The molecule has 0 atom stereocenters. The lowest BCUT2D eigenvalue weighted by Crippen LogP contribution is -2.15. The van der Waals surface area contributed by atoms with Gasteiger partial charge in [0.15, 0.2) is 11.5 Å². The van der Waals surface area contributed by atoms with E-state index in [-0.39, 0.29) is 0 Å². The van der Waals surface area contributed by atoms with Crippen molar-refractivity contribution in [3.05, 3.63) is 66.9 Å². The Bertz CT molecular complexity index is 800. The van der Waals surface area contributed by atoms with Gasteiger partial charge < -0.3 is 9.47 Å². The topological polar surface area (TPSA) is 31.4 Å². The Morgan fingerprint density at radius 1 is 0.682 bits per heavy atom. The third kappa shape index (κ3) is 2.42. The highest BCUT2D eigenvalue weighted by atomic mass is 16.6. The molecule has 0 aliphatic carbocycles. The first kappa shape index (κ1) is 12.9. The molecule has 2 heterocycles. The van der Waals surface area contributed by atoms with Gasteiger partial charge >= 0.3 is 0 Å². The van der Waals surface area contributed by atoms with Crippen LogP contribution in [0.5, 0.6) is 11.5 Å². The lowest BCUT2D eigenvalue weighted by atomic mass is 10.0. The predicted octanol–water partition coefficient (Wildman–Crippen LogP) is 4.19. The van der Waals surface area contributed by atoms with Crippen LogP contribution in [0.15, 0.2) is 66.9 Å². The molecular weight excluding hydrogens is 274 g/mol. The second-order valence-corrected chi connectivity index (χ2v) is 5.15. The van der Waals surface area contributed by atoms with Crippen molar-refractivity contribution in [3.63, 3.8) is 0 Å². The van der Waals surface area contributed by atoms with Crippen molar-refractivity contribution < 1.29 is 9.47 Å². The van der Waals surface area contributed by atoms with E-state index < -0.39 is 0 Å². The van der Waals surface area contributed by atoms with Crippen LogP contribution in [-0.4, -0.2) is 18.2 Å². The molecule has 2 aromatic carbocycles. The van der Waals surface area contributed by atoms with Crippen molar-refractivity contribution in [1.82, 2.24) is 4.98 Å². The van der Waals surface area contributed by atoms with Gasteiger partial charge in [-0.1, -0.05) is 30.3 Å². The van der Waals surface area contributed by atoms with E-state index in [1.165, 1.54) is 0 Å². The second-order valence-electron chi connectivity index (χ2n) is 5.15. The van der Waals surface area contributed by atoms with Gasteiger partial charge in [0, 0.05) is 11.8 Å². The fraction of sp³-hybridized carbons (Fsp3) is 0.105. The Labute approximate surface area is 129 Å². The summed E-state index contributed by atoms with van der Waals surface area (Å²) in [7, 11) is 0. The van der Waals surface area contributed by atoms with E-state index in [2.05, 4.69) is 35.3 Å². The third-order valence-electron chi connectivity index (χ3n) is 3.70. The molecule has 0 radical (unpaired) electrons. The number of ether oxygens (including phenoxy) is 2. The van der Waals surface area contributed by atoms with Gasteiger partial charge in [0.05, 0.1) is 5.69 Å². The molecule has 3 aromatic rings. The van der Waals surface area contributed by atoms with Gasteiger partial charge in [0.2, 0.25) is 0 Å². The van der Waals surface area contributed by atoms with Crippen molar-refractivity contribution >= 4 is 0 Å². The van der Waals surface area contributed by atoms with E-state index in [9.17, 15) is 0 Å². The molecule has 3 nitrogen and oxygen atoms in total. The summed E-state index contributed by atoms with van der Waals surface area (Å²) < 4.78 is 11.2. The first-order valence-electron chi connectivity index (χ1n) is 7.32. The maximum Gasteiger partial charge on any atom is 0.161 e. The van der Waals surface area contributed by atoms with Gasteiger partial charge in [-0.3, -0.25) is 4.98 Å². The van der Waals surface area contributed by atoms with E-state index >= 15 is 0 Å². The van der Waals surface area contributed by atoms with Crippen LogP contribution in [0, 0.1) is 0 Å². The molecule has 1 aliphatic rings. The van der Waals surface area contributed by atoms with Crippen molar-refractivity contribution in [2.75, 3.05) is 13.2 Å².